The zero-order valence-corrected chi connectivity index (χ0v) is 44.4. The fourth-order valence-corrected chi connectivity index (χ4v) is 9.79. The third-order valence-electron chi connectivity index (χ3n) is 13.0. The maximum atomic E-state index is 14.7. The molecule has 2 fully saturated rings. The standard InChI is InChI=1S/C49H63N7O8.4H2S/c1-9-55-42-13-12-32-23-37(42)38(44(55)39-25-50-16-14-34(39)27-63-8)24-49(5,6)28-64-48(62)40-11-10-17-56(52-40)47(61)41(21-31-19-35(32)22-36(58)20-31)51-45(59)43(29(2)3)53(7)46(60)33-15-18-54(26-33)30(4)57;;;;/h12-14,16,19-20,22-23,25,29,33,40-41,43,52,58H,9-11,15,17-18,21,24,26-28H2,1-8H3,(H,51,59);4*1H2/t33-,40-,41-,43-;;;;/m0..../s1. The van der Waals surface area contributed by atoms with Gasteiger partial charge in [-0.25, -0.2) is 5.43 Å². The highest BCUT2D eigenvalue weighted by atomic mass is 32.1. The Morgan fingerprint density at radius 1 is 1.03 bits per heavy atom. The topological polar surface area (TPSA) is 176 Å². The first kappa shape index (κ1) is 57.9. The molecule has 4 amide bonds. The van der Waals surface area contributed by atoms with E-state index in [2.05, 4.69) is 53.2 Å². The van der Waals surface area contributed by atoms with E-state index in [1.165, 1.54) is 16.8 Å². The fraction of sp³-hybridized carbons (Fsp3) is 0.510. The number of methoxy groups -OCH3 is 1. The minimum atomic E-state index is -1.15. The molecule has 68 heavy (non-hydrogen) atoms. The number of hydrogen-bond acceptors (Lipinski definition) is 10. The van der Waals surface area contributed by atoms with Crippen LogP contribution in [-0.2, 0) is 59.4 Å². The number of esters is 1. The molecule has 15 nitrogen and oxygen atoms in total. The van der Waals surface area contributed by atoms with Crippen molar-refractivity contribution < 1.29 is 38.6 Å². The van der Waals surface area contributed by atoms with Crippen LogP contribution in [0.2, 0.25) is 0 Å². The van der Waals surface area contributed by atoms with Gasteiger partial charge in [-0.2, -0.15) is 54.0 Å². The van der Waals surface area contributed by atoms with Crippen LogP contribution in [0.15, 0.2) is 54.9 Å². The van der Waals surface area contributed by atoms with Crippen molar-refractivity contribution in [2.75, 3.05) is 40.4 Å². The monoisotopic (exact) mass is 1010 g/mol. The van der Waals surface area contributed by atoms with Crippen molar-refractivity contribution in [2.45, 2.75) is 105 Å². The molecule has 5 heterocycles. The second-order valence-corrected chi connectivity index (χ2v) is 18.8. The Morgan fingerprint density at radius 2 is 1.76 bits per heavy atom. The Kier molecular flexibility index (Phi) is 20.8. The normalized spacial score (nSPS) is 19.6. The minimum absolute atomic E-state index is 0. The van der Waals surface area contributed by atoms with E-state index >= 15 is 0 Å². The molecule has 2 aromatic carbocycles. The number of hydrogen-bond donors (Lipinski definition) is 3. The summed E-state index contributed by atoms with van der Waals surface area (Å²) in [5, 5.41) is 16.7. The van der Waals surface area contributed by atoms with Crippen molar-refractivity contribution >= 4 is 94.5 Å². The molecule has 4 atom stereocenters. The maximum Gasteiger partial charge on any atom is 0.324 e. The smallest absolute Gasteiger partial charge is 0.324 e. The number of phenolic OH excluding ortho intramolecular Hbond substituents is 1. The van der Waals surface area contributed by atoms with Crippen LogP contribution in [0.3, 0.4) is 0 Å². The number of hydrazine groups is 1. The Bertz CT molecular complexity index is 2450. The summed E-state index contributed by atoms with van der Waals surface area (Å²) in [4.78, 5) is 76.5. The van der Waals surface area contributed by atoms with Crippen LogP contribution in [0.5, 0.6) is 5.75 Å². The number of aromatic nitrogens is 2. The average Bonchev–Trinajstić information content (AvgIpc) is 3.88. The highest BCUT2D eigenvalue weighted by molar-refractivity contribution is 7.59. The number of cyclic esters (lactones) is 1. The molecular formula is C49H71N7O8S4. The number of ether oxygens (including phenoxy) is 2. The SMILES string of the molecule is CCn1c(-c2cnccc2COC)c2c3cc(ccc31)-c1cc(O)cc(c1)C[C@H](NC(=O)[C@H](C(C)C)N(C)C(=O)[C@H]1CCN(C(C)=O)C1)C(=O)N1CCC[C@H](N1)C(=O)OCC(C)(C)C2.S.S.S.S. The van der Waals surface area contributed by atoms with E-state index in [0.717, 1.165) is 44.4 Å². The first-order chi connectivity index (χ1) is 30.5. The number of pyridine rings is 1. The molecule has 0 unspecified atom stereocenters. The largest absolute Gasteiger partial charge is 0.508 e. The third kappa shape index (κ3) is 12.5. The molecule has 3 N–H and O–H groups in total. The van der Waals surface area contributed by atoms with E-state index < -0.39 is 47.2 Å². The Labute approximate surface area is 428 Å². The van der Waals surface area contributed by atoms with Crippen molar-refractivity contribution in [1.82, 2.24) is 35.1 Å². The number of phenols is 1. The van der Waals surface area contributed by atoms with E-state index in [1.54, 1.807) is 37.4 Å². The predicted molar refractivity (Wildman–Crippen MR) is 284 cm³/mol. The number of likely N-dealkylation sites (tertiary alicyclic amines) is 1. The fourth-order valence-electron chi connectivity index (χ4n) is 9.79. The summed E-state index contributed by atoms with van der Waals surface area (Å²) >= 11 is 0. The van der Waals surface area contributed by atoms with Gasteiger partial charge in [0.15, 0.2) is 0 Å². The second-order valence-electron chi connectivity index (χ2n) is 18.8. The summed E-state index contributed by atoms with van der Waals surface area (Å²) in [6.45, 7) is 13.6. The molecule has 2 saturated heterocycles. The Balaban J connectivity index is 0.00000306. The van der Waals surface area contributed by atoms with Crippen molar-refractivity contribution in [3.05, 3.63) is 71.5 Å². The summed E-state index contributed by atoms with van der Waals surface area (Å²) in [7, 11) is 3.26. The molecular weight excluding hydrogens is 943 g/mol. The molecule has 4 aromatic rings. The van der Waals surface area contributed by atoms with E-state index in [4.69, 9.17) is 9.47 Å². The molecule has 0 radical (unpaired) electrons. The van der Waals surface area contributed by atoms with Crippen LogP contribution in [-0.4, -0.2) is 118 Å². The molecule has 0 aliphatic carbocycles. The summed E-state index contributed by atoms with van der Waals surface area (Å²) in [6, 6.07) is 10.5. The van der Waals surface area contributed by atoms with E-state index in [-0.39, 0.29) is 104 Å². The van der Waals surface area contributed by atoms with E-state index in [0.29, 0.717) is 50.9 Å². The van der Waals surface area contributed by atoms with Crippen molar-refractivity contribution in [2.24, 2.45) is 17.3 Å². The first-order valence-corrected chi connectivity index (χ1v) is 22.5. The Morgan fingerprint density at radius 3 is 2.43 bits per heavy atom. The van der Waals surface area contributed by atoms with Gasteiger partial charge in [-0.15, -0.1) is 0 Å². The molecule has 6 bridgehead atoms. The van der Waals surface area contributed by atoms with Gasteiger partial charge in [0, 0.05) is 88.0 Å². The van der Waals surface area contributed by atoms with Crippen molar-refractivity contribution in [1.29, 1.82) is 0 Å². The number of nitrogens with one attached hydrogen (secondary N) is 2. The van der Waals surface area contributed by atoms with Crippen LogP contribution in [0.4, 0.5) is 0 Å². The van der Waals surface area contributed by atoms with E-state index in [9.17, 15) is 29.1 Å². The van der Waals surface area contributed by atoms with Crippen LogP contribution >= 0.6 is 54.0 Å². The zero-order chi connectivity index (χ0) is 46.0. The second kappa shape index (κ2) is 24.4. The van der Waals surface area contributed by atoms with Crippen LogP contribution < -0.4 is 10.7 Å². The lowest BCUT2D eigenvalue weighted by Gasteiger charge is -2.37. The number of amides is 4. The maximum absolute atomic E-state index is 14.7. The lowest BCUT2D eigenvalue weighted by molar-refractivity contribution is -0.155. The number of aryl methyl sites for hydroxylation is 1. The van der Waals surface area contributed by atoms with Crippen LogP contribution in [0.25, 0.3) is 33.3 Å². The van der Waals surface area contributed by atoms with Gasteiger partial charge in [-0.3, -0.25) is 34.0 Å². The molecule has 0 saturated carbocycles. The summed E-state index contributed by atoms with van der Waals surface area (Å²) < 4.78 is 14.0. The molecule has 3 aliphatic heterocycles. The number of fused-ring (bicyclic) bond motifs is 6. The summed E-state index contributed by atoms with van der Waals surface area (Å²) in [5.74, 6) is -2.59. The zero-order valence-electron chi connectivity index (χ0n) is 40.4. The number of likely N-dealkylation sites (N-methyl/N-ethyl adjacent to an activating group) is 1. The quantitative estimate of drug-likeness (QED) is 0.177. The van der Waals surface area contributed by atoms with Gasteiger partial charge in [-0.1, -0.05) is 39.8 Å². The van der Waals surface area contributed by atoms with Gasteiger partial charge in [0.25, 0.3) is 5.91 Å². The molecule has 19 heteroatoms. The highest BCUT2D eigenvalue weighted by Gasteiger charge is 2.40. The van der Waals surface area contributed by atoms with E-state index in [1.807, 2.05) is 38.2 Å². The number of benzene rings is 2. The van der Waals surface area contributed by atoms with Crippen molar-refractivity contribution in [3.63, 3.8) is 0 Å². The number of aromatic hydroxyl groups is 1. The lowest BCUT2D eigenvalue weighted by atomic mass is 9.84. The third-order valence-corrected chi connectivity index (χ3v) is 13.0. The average molecular weight is 1010 g/mol. The van der Waals surface area contributed by atoms with Crippen LogP contribution in [0, 0.1) is 17.3 Å². The molecule has 7 rings (SSSR count). The predicted octanol–water partition coefficient (Wildman–Crippen LogP) is 5.69. The van der Waals surface area contributed by atoms with Gasteiger partial charge in [0.1, 0.15) is 23.9 Å². The lowest BCUT2D eigenvalue weighted by Crippen LogP contribution is -2.62. The van der Waals surface area contributed by atoms with Gasteiger partial charge in [0.2, 0.25) is 17.7 Å². The van der Waals surface area contributed by atoms with Gasteiger partial charge in [0.05, 0.1) is 24.8 Å². The van der Waals surface area contributed by atoms with Gasteiger partial charge < -0.3 is 34.3 Å². The minimum Gasteiger partial charge on any atom is -0.508 e. The molecule has 2 aromatic heterocycles. The van der Waals surface area contributed by atoms with Gasteiger partial charge >= 0.3 is 5.97 Å². The Hall–Kier alpha value is -4.40. The van der Waals surface area contributed by atoms with Crippen LogP contribution in [0.1, 0.15) is 77.5 Å². The first-order valence-electron chi connectivity index (χ1n) is 22.5. The number of carbonyl (C=O) groups is 5. The molecule has 374 valence electrons. The molecule has 0 spiro atoms. The highest BCUT2D eigenvalue weighted by Crippen LogP contribution is 2.41. The number of nitrogens with zero attached hydrogens (tertiary/aromatic N) is 5. The number of rotatable bonds is 9. The van der Waals surface area contributed by atoms with Crippen molar-refractivity contribution in [3.8, 4) is 28.1 Å². The molecule has 3 aliphatic rings. The van der Waals surface area contributed by atoms with Gasteiger partial charge in [-0.05, 0) is 96.7 Å². The summed E-state index contributed by atoms with van der Waals surface area (Å²) in [5.41, 5.74) is 9.76. The summed E-state index contributed by atoms with van der Waals surface area (Å²) in [6.07, 6.45) is 5.65. The number of carbonyl (C=O) groups excluding carboxylic acids is 5.